The Bertz CT molecular complexity index is 1200. The number of alkyl halides is 6. The maximum absolute atomic E-state index is 14.4. The molecule has 0 unspecified atom stereocenters. The summed E-state index contributed by atoms with van der Waals surface area (Å²) in [6.07, 6.45) is -10.3. The summed E-state index contributed by atoms with van der Waals surface area (Å²) in [6.45, 7) is 4.20. The average Bonchev–Trinajstić information content (AvgIpc) is 2.71. The molecule has 0 spiro atoms. The minimum atomic E-state index is -5.20. The summed E-state index contributed by atoms with van der Waals surface area (Å²) in [7, 11) is 0. The van der Waals surface area contributed by atoms with Crippen molar-refractivity contribution in [2.24, 2.45) is 0 Å². The Morgan fingerprint density at radius 1 is 0.848 bits per heavy atom. The minimum absolute atomic E-state index is 0.104. The first kappa shape index (κ1) is 24.3. The number of halogens is 6. The number of hydrogen-bond donors (Lipinski definition) is 0. The Hall–Kier alpha value is -3.36. The molecule has 0 radical (unpaired) electrons. The third kappa shape index (κ3) is 5.02. The normalized spacial score (nSPS) is 12.0. The van der Waals surface area contributed by atoms with Gasteiger partial charge in [0.1, 0.15) is 0 Å². The Morgan fingerprint density at radius 3 is 1.79 bits per heavy atom. The Kier molecular flexibility index (Phi) is 6.53. The molecule has 0 aliphatic rings. The van der Waals surface area contributed by atoms with Crippen LogP contribution in [0.15, 0.2) is 48.5 Å². The lowest BCUT2D eigenvalue weighted by Crippen LogP contribution is -2.23. The number of benzene rings is 2. The zero-order valence-electron chi connectivity index (χ0n) is 17.9. The first-order chi connectivity index (χ1) is 15.3. The van der Waals surface area contributed by atoms with E-state index in [0.717, 1.165) is 0 Å². The van der Waals surface area contributed by atoms with Crippen LogP contribution in [0.2, 0.25) is 0 Å². The van der Waals surface area contributed by atoms with E-state index in [2.05, 4.69) is 9.72 Å². The lowest BCUT2D eigenvalue weighted by molar-refractivity contribution is -0.144. The van der Waals surface area contributed by atoms with Crippen LogP contribution >= 0.6 is 0 Å². The van der Waals surface area contributed by atoms with Crippen LogP contribution in [0.1, 0.15) is 39.8 Å². The predicted octanol–water partition coefficient (Wildman–Crippen LogP) is 7.25. The van der Waals surface area contributed by atoms with Crippen LogP contribution in [0.3, 0.4) is 0 Å². The van der Waals surface area contributed by atoms with Crippen LogP contribution in [0.5, 0.6) is 0 Å². The van der Waals surface area contributed by atoms with Crippen LogP contribution in [-0.2, 0) is 17.1 Å². The highest BCUT2D eigenvalue weighted by Crippen LogP contribution is 2.48. The molecule has 0 bridgehead atoms. The highest BCUT2D eigenvalue weighted by Gasteiger charge is 2.46. The van der Waals surface area contributed by atoms with E-state index in [9.17, 15) is 31.1 Å². The molecule has 33 heavy (non-hydrogen) atoms. The van der Waals surface area contributed by atoms with Crippen LogP contribution in [0, 0.1) is 13.8 Å². The molecule has 3 nitrogen and oxygen atoms in total. The minimum Gasteiger partial charge on any atom is -0.461 e. The van der Waals surface area contributed by atoms with Crippen molar-refractivity contribution in [3.05, 3.63) is 76.6 Å². The Labute approximate surface area is 186 Å². The molecule has 0 aliphatic heterocycles. The smallest absolute Gasteiger partial charge is 0.434 e. The van der Waals surface area contributed by atoms with Gasteiger partial charge in [-0.05, 0) is 31.9 Å². The van der Waals surface area contributed by atoms with Crippen molar-refractivity contribution in [3.63, 3.8) is 0 Å². The van der Waals surface area contributed by atoms with Gasteiger partial charge in [-0.3, -0.25) is 0 Å². The van der Waals surface area contributed by atoms with E-state index in [1.165, 1.54) is 43.3 Å². The molecule has 3 rings (SSSR count). The van der Waals surface area contributed by atoms with Crippen LogP contribution in [0.4, 0.5) is 26.3 Å². The molecule has 174 valence electrons. The summed E-state index contributed by atoms with van der Waals surface area (Å²) in [4.78, 5) is 15.6. The van der Waals surface area contributed by atoms with Gasteiger partial charge in [-0.1, -0.05) is 59.7 Å². The number of esters is 1. The molecule has 3 aromatic rings. The summed E-state index contributed by atoms with van der Waals surface area (Å²) in [5.41, 5.74) is -5.29. The number of carbonyl (C=O) groups excluding carboxylic acids is 1. The second-order valence-corrected chi connectivity index (χ2v) is 7.39. The first-order valence-corrected chi connectivity index (χ1v) is 9.88. The molecular formula is C24H19F6NO2. The van der Waals surface area contributed by atoms with E-state index in [1.54, 1.807) is 26.0 Å². The molecule has 0 N–H and O–H groups in total. The third-order valence-electron chi connectivity index (χ3n) is 4.83. The van der Waals surface area contributed by atoms with E-state index < -0.39 is 46.4 Å². The maximum Gasteiger partial charge on any atom is 0.434 e. The number of ether oxygens (including phenoxy) is 1. The van der Waals surface area contributed by atoms with Gasteiger partial charge in [0, 0.05) is 11.1 Å². The Morgan fingerprint density at radius 2 is 1.36 bits per heavy atom. The van der Waals surface area contributed by atoms with Crippen molar-refractivity contribution in [2.75, 3.05) is 6.61 Å². The number of aromatic nitrogens is 1. The topological polar surface area (TPSA) is 39.2 Å². The number of hydrogen-bond acceptors (Lipinski definition) is 3. The van der Waals surface area contributed by atoms with Gasteiger partial charge in [0.25, 0.3) is 0 Å². The number of pyridine rings is 1. The zero-order valence-corrected chi connectivity index (χ0v) is 17.9. The highest BCUT2D eigenvalue weighted by atomic mass is 19.4. The van der Waals surface area contributed by atoms with Crippen molar-refractivity contribution in [1.82, 2.24) is 4.98 Å². The monoisotopic (exact) mass is 467 g/mol. The SMILES string of the molecule is CCOC(=O)c1nc(C(F)(F)F)c(-c2cccc(C)c2)c(-c2cccc(C)c2)c1C(F)(F)F. The fourth-order valence-corrected chi connectivity index (χ4v) is 3.58. The number of nitrogens with zero attached hydrogens (tertiary/aromatic N) is 1. The van der Waals surface area contributed by atoms with E-state index >= 15 is 0 Å². The highest BCUT2D eigenvalue weighted by molar-refractivity contribution is 5.97. The molecule has 0 fully saturated rings. The van der Waals surface area contributed by atoms with Gasteiger partial charge in [-0.25, -0.2) is 9.78 Å². The lowest BCUT2D eigenvalue weighted by atomic mass is 9.87. The number of aryl methyl sites for hydroxylation is 2. The predicted molar refractivity (Wildman–Crippen MR) is 111 cm³/mol. The third-order valence-corrected chi connectivity index (χ3v) is 4.83. The molecule has 2 aromatic carbocycles. The molecule has 0 amide bonds. The van der Waals surface area contributed by atoms with Crippen molar-refractivity contribution in [2.45, 2.75) is 33.1 Å². The van der Waals surface area contributed by atoms with Gasteiger partial charge < -0.3 is 4.74 Å². The van der Waals surface area contributed by atoms with Crippen LogP contribution < -0.4 is 0 Å². The van der Waals surface area contributed by atoms with Gasteiger partial charge >= 0.3 is 18.3 Å². The lowest BCUT2D eigenvalue weighted by Gasteiger charge is -2.24. The maximum atomic E-state index is 14.4. The Balaban J connectivity index is 2.64. The van der Waals surface area contributed by atoms with Crippen molar-refractivity contribution < 1.29 is 35.9 Å². The summed E-state index contributed by atoms with van der Waals surface area (Å²) in [6, 6.07) is 11.3. The first-order valence-electron chi connectivity index (χ1n) is 9.88. The molecule has 0 saturated heterocycles. The molecule has 1 aromatic heterocycles. The van der Waals surface area contributed by atoms with Gasteiger partial charge in [0.2, 0.25) is 0 Å². The molecule has 0 atom stereocenters. The van der Waals surface area contributed by atoms with E-state index in [0.29, 0.717) is 11.1 Å². The fourth-order valence-electron chi connectivity index (χ4n) is 3.58. The van der Waals surface area contributed by atoms with Crippen LogP contribution in [0.25, 0.3) is 22.3 Å². The van der Waals surface area contributed by atoms with Gasteiger partial charge in [-0.2, -0.15) is 26.3 Å². The van der Waals surface area contributed by atoms with E-state index in [1.807, 2.05) is 0 Å². The molecule has 0 saturated carbocycles. The summed E-state index contributed by atoms with van der Waals surface area (Å²) < 4.78 is 90.3. The molecule has 1 heterocycles. The molecular weight excluding hydrogens is 448 g/mol. The summed E-state index contributed by atoms with van der Waals surface area (Å²) in [5, 5.41) is 0. The second kappa shape index (κ2) is 8.88. The number of rotatable bonds is 4. The fraction of sp³-hybridized carbons (Fsp3) is 0.250. The average molecular weight is 467 g/mol. The van der Waals surface area contributed by atoms with E-state index in [4.69, 9.17) is 0 Å². The van der Waals surface area contributed by atoms with Crippen LogP contribution in [-0.4, -0.2) is 17.6 Å². The number of carbonyl (C=O) groups is 1. The largest absolute Gasteiger partial charge is 0.461 e. The molecule has 9 heteroatoms. The zero-order chi connectivity index (χ0) is 24.6. The van der Waals surface area contributed by atoms with Crippen molar-refractivity contribution >= 4 is 5.97 Å². The molecule has 0 aliphatic carbocycles. The van der Waals surface area contributed by atoms with Gasteiger partial charge in [0.15, 0.2) is 11.4 Å². The quantitative estimate of drug-likeness (QED) is 0.300. The standard InChI is InChI=1S/C24H19F6NO2/c1-4-33-22(32)20-19(23(25,26)27)17(15-9-5-7-13(2)11-15)18(21(31-20)24(28,29)30)16-10-6-8-14(3)12-16/h5-12H,4H2,1-3H3. The van der Waals surface area contributed by atoms with Gasteiger partial charge in [0.05, 0.1) is 12.2 Å². The summed E-state index contributed by atoms with van der Waals surface area (Å²) >= 11 is 0. The summed E-state index contributed by atoms with van der Waals surface area (Å²) in [5.74, 6) is -1.58. The van der Waals surface area contributed by atoms with Crippen molar-refractivity contribution in [1.29, 1.82) is 0 Å². The second-order valence-electron chi connectivity index (χ2n) is 7.39. The van der Waals surface area contributed by atoms with E-state index in [-0.39, 0.29) is 17.7 Å². The van der Waals surface area contributed by atoms with Gasteiger partial charge in [-0.15, -0.1) is 0 Å². The van der Waals surface area contributed by atoms with Crippen molar-refractivity contribution in [3.8, 4) is 22.3 Å².